The van der Waals surface area contributed by atoms with Crippen molar-refractivity contribution in [3.05, 3.63) is 79.9 Å². The van der Waals surface area contributed by atoms with Crippen LogP contribution >= 0.6 is 0 Å². The van der Waals surface area contributed by atoms with Crippen LogP contribution in [0.2, 0.25) is 0 Å². The molecular weight excluding hydrogens is 610 g/mol. The molecule has 0 aliphatic carbocycles. The molecule has 46 heavy (non-hydrogen) atoms. The monoisotopic (exact) mass is 645 g/mol. The third-order valence-electron chi connectivity index (χ3n) is 7.72. The molecule has 0 amide bonds. The van der Waals surface area contributed by atoms with E-state index in [1.54, 1.807) is 27.7 Å². The number of hydrogen-bond donors (Lipinski definition) is 0. The first-order valence-corrected chi connectivity index (χ1v) is 14.6. The number of nitro benzene ring substituents is 2. The lowest BCUT2D eigenvalue weighted by molar-refractivity contribution is -0.385. The van der Waals surface area contributed by atoms with E-state index in [4.69, 9.17) is 33.2 Å². The lowest BCUT2D eigenvalue weighted by Crippen LogP contribution is -2.54. The average molecular weight is 646 g/mol. The molecule has 5 unspecified atom stereocenters. The number of carbonyl (C=O) groups is 2. The Morgan fingerprint density at radius 1 is 0.783 bits per heavy atom. The highest BCUT2D eigenvalue weighted by molar-refractivity contribution is 5.90. The van der Waals surface area contributed by atoms with Crippen molar-refractivity contribution in [3.63, 3.8) is 0 Å². The van der Waals surface area contributed by atoms with Crippen LogP contribution in [0.4, 0.5) is 11.4 Å². The first-order valence-electron chi connectivity index (χ1n) is 14.6. The molecule has 3 saturated heterocycles. The highest BCUT2D eigenvalue weighted by atomic mass is 16.8. The average Bonchev–Trinajstić information content (AvgIpc) is 3.64. The lowest BCUT2D eigenvalue weighted by atomic mass is 10.0. The van der Waals surface area contributed by atoms with Gasteiger partial charge in [-0.3, -0.25) is 25.1 Å². The second-order valence-electron chi connectivity index (χ2n) is 11.8. The minimum atomic E-state index is -0.943. The summed E-state index contributed by atoms with van der Waals surface area (Å²) in [4.78, 5) is 48.2. The zero-order valence-corrected chi connectivity index (χ0v) is 25.7. The molecule has 0 radical (unpaired) electrons. The molecule has 3 aliphatic rings. The highest BCUT2D eigenvalue weighted by Gasteiger charge is 2.59. The third-order valence-corrected chi connectivity index (χ3v) is 7.72. The highest BCUT2D eigenvalue weighted by Crippen LogP contribution is 2.42. The van der Waals surface area contributed by atoms with Crippen LogP contribution in [0.1, 0.15) is 48.4 Å². The zero-order chi connectivity index (χ0) is 33.2. The van der Waals surface area contributed by atoms with Crippen molar-refractivity contribution < 1.29 is 52.6 Å². The van der Waals surface area contributed by atoms with E-state index < -0.39 is 64.0 Å². The SMILES string of the molecule is CC1(C)OCC(C2OC3OC(C)(C)OC3C2N(CCOC(=O)c2ccc([N+](=O)[O-])cc2)CCOC(=O)c2ccc([N+](=O)[O-])cc2)O1. The van der Waals surface area contributed by atoms with E-state index in [2.05, 4.69) is 0 Å². The molecule has 16 heteroatoms. The Bertz CT molecular complexity index is 1370. The standard InChI is InChI=1S/C30H35N3O13/c1-29(2)42-17-22(44-29)24-23(25-28(43-24)46-30(3,4)45-25)31(13-15-40-26(34)18-5-9-20(10-6-18)32(36)37)14-16-41-27(35)19-7-11-21(12-8-19)33(38)39/h5-12,22-25,28H,13-17H2,1-4H3. The molecule has 5 rings (SSSR count). The summed E-state index contributed by atoms with van der Waals surface area (Å²) < 4.78 is 41.5. The number of nitro groups is 2. The number of fused-ring (bicyclic) bond motifs is 1. The van der Waals surface area contributed by atoms with Crippen LogP contribution in [0.15, 0.2) is 48.5 Å². The van der Waals surface area contributed by atoms with Crippen LogP contribution in [0.25, 0.3) is 0 Å². The number of carbonyl (C=O) groups excluding carboxylic acids is 2. The summed E-state index contributed by atoms with van der Waals surface area (Å²) in [7, 11) is 0. The van der Waals surface area contributed by atoms with Gasteiger partial charge in [0.1, 0.15) is 31.5 Å². The topological polar surface area (TPSA) is 188 Å². The van der Waals surface area contributed by atoms with Gasteiger partial charge in [0.25, 0.3) is 11.4 Å². The van der Waals surface area contributed by atoms with Gasteiger partial charge in [-0.25, -0.2) is 9.59 Å². The van der Waals surface area contributed by atoms with Crippen LogP contribution in [0, 0.1) is 20.2 Å². The Morgan fingerprint density at radius 3 is 1.72 bits per heavy atom. The summed E-state index contributed by atoms with van der Waals surface area (Å²) in [5, 5.41) is 21.9. The molecule has 2 aromatic carbocycles. The second kappa shape index (κ2) is 13.4. The number of ether oxygens (including phenoxy) is 7. The van der Waals surface area contributed by atoms with E-state index in [9.17, 15) is 29.8 Å². The molecule has 248 valence electrons. The largest absolute Gasteiger partial charge is 0.461 e. The minimum Gasteiger partial charge on any atom is -0.461 e. The first-order chi connectivity index (χ1) is 21.7. The van der Waals surface area contributed by atoms with Crippen LogP contribution in [-0.2, 0) is 33.2 Å². The van der Waals surface area contributed by atoms with Gasteiger partial charge in [-0.15, -0.1) is 0 Å². The molecule has 3 fully saturated rings. The molecule has 0 N–H and O–H groups in total. The van der Waals surface area contributed by atoms with Gasteiger partial charge in [0, 0.05) is 37.4 Å². The molecule has 3 heterocycles. The van der Waals surface area contributed by atoms with Gasteiger partial charge < -0.3 is 33.2 Å². The number of rotatable bonds is 12. The summed E-state index contributed by atoms with van der Waals surface area (Å²) in [5.74, 6) is -3.14. The summed E-state index contributed by atoms with van der Waals surface area (Å²) >= 11 is 0. The molecule has 0 aromatic heterocycles. The molecule has 2 aromatic rings. The number of esters is 2. The van der Waals surface area contributed by atoms with Crippen LogP contribution < -0.4 is 0 Å². The number of hydrogen-bond acceptors (Lipinski definition) is 14. The van der Waals surface area contributed by atoms with Crippen LogP contribution in [0.3, 0.4) is 0 Å². The summed E-state index contributed by atoms with van der Waals surface area (Å²) in [6.45, 7) is 7.49. The van der Waals surface area contributed by atoms with Crippen LogP contribution in [-0.4, -0.2) is 102 Å². The third kappa shape index (κ3) is 7.66. The van der Waals surface area contributed by atoms with Crippen molar-refractivity contribution in [2.24, 2.45) is 0 Å². The number of benzene rings is 2. The number of non-ortho nitro benzene ring substituents is 2. The fourth-order valence-corrected chi connectivity index (χ4v) is 5.64. The summed E-state index contributed by atoms with van der Waals surface area (Å²) in [5.41, 5.74) is -0.0275. The molecule has 16 nitrogen and oxygen atoms in total. The normalized spacial score (nSPS) is 26.1. The van der Waals surface area contributed by atoms with Gasteiger partial charge in [0.05, 0.1) is 33.6 Å². The quantitative estimate of drug-likeness (QED) is 0.186. The van der Waals surface area contributed by atoms with Gasteiger partial charge >= 0.3 is 11.9 Å². The fraction of sp³-hybridized carbons (Fsp3) is 0.533. The van der Waals surface area contributed by atoms with Crippen molar-refractivity contribution >= 4 is 23.3 Å². The van der Waals surface area contributed by atoms with Gasteiger partial charge in [0.15, 0.2) is 17.9 Å². The molecule has 0 bridgehead atoms. The maximum absolute atomic E-state index is 12.7. The summed E-state index contributed by atoms with van der Waals surface area (Å²) in [6.07, 6.45) is -2.40. The number of nitrogens with zero attached hydrogens (tertiary/aromatic N) is 3. The maximum Gasteiger partial charge on any atom is 0.338 e. The van der Waals surface area contributed by atoms with Crippen molar-refractivity contribution in [3.8, 4) is 0 Å². The fourth-order valence-electron chi connectivity index (χ4n) is 5.64. The van der Waals surface area contributed by atoms with E-state index in [-0.39, 0.29) is 55.4 Å². The first kappa shape index (κ1) is 33.3. The lowest BCUT2D eigenvalue weighted by Gasteiger charge is -2.36. The van der Waals surface area contributed by atoms with E-state index >= 15 is 0 Å². The van der Waals surface area contributed by atoms with Crippen molar-refractivity contribution in [2.45, 2.75) is 69.9 Å². The maximum atomic E-state index is 12.7. The Morgan fingerprint density at radius 2 is 1.28 bits per heavy atom. The second-order valence-corrected chi connectivity index (χ2v) is 11.8. The van der Waals surface area contributed by atoms with Gasteiger partial charge in [-0.1, -0.05) is 0 Å². The minimum absolute atomic E-state index is 0.0928. The molecule has 0 saturated carbocycles. The van der Waals surface area contributed by atoms with Crippen molar-refractivity contribution in [2.75, 3.05) is 32.9 Å². The van der Waals surface area contributed by atoms with E-state index in [1.807, 2.05) is 4.90 Å². The zero-order valence-electron chi connectivity index (χ0n) is 25.7. The van der Waals surface area contributed by atoms with Crippen LogP contribution in [0.5, 0.6) is 0 Å². The van der Waals surface area contributed by atoms with E-state index in [0.717, 1.165) is 0 Å². The Hall–Kier alpha value is -4.06. The Kier molecular flexibility index (Phi) is 9.67. The Labute approximate surface area is 263 Å². The predicted molar refractivity (Wildman–Crippen MR) is 156 cm³/mol. The molecular formula is C30H35N3O13. The summed E-state index contributed by atoms with van der Waals surface area (Å²) in [6, 6.07) is 9.60. The molecule has 3 aliphatic heterocycles. The van der Waals surface area contributed by atoms with Gasteiger partial charge in [-0.05, 0) is 52.0 Å². The van der Waals surface area contributed by atoms with E-state index in [1.165, 1.54) is 48.5 Å². The van der Waals surface area contributed by atoms with Crippen molar-refractivity contribution in [1.82, 2.24) is 4.90 Å². The molecule has 0 spiro atoms. The van der Waals surface area contributed by atoms with Gasteiger partial charge in [0.2, 0.25) is 0 Å². The molecule has 5 atom stereocenters. The Balaban J connectivity index is 1.31. The van der Waals surface area contributed by atoms with Gasteiger partial charge in [-0.2, -0.15) is 0 Å². The smallest absolute Gasteiger partial charge is 0.338 e. The predicted octanol–water partition coefficient (Wildman–Crippen LogP) is 3.22. The van der Waals surface area contributed by atoms with Crippen molar-refractivity contribution in [1.29, 1.82) is 0 Å². The van der Waals surface area contributed by atoms with E-state index in [0.29, 0.717) is 0 Å².